The van der Waals surface area contributed by atoms with Crippen molar-refractivity contribution in [1.29, 1.82) is 5.26 Å². The Bertz CT molecular complexity index is 852. The molecule has 24 heavy (non-hydrogen) atoms. The first-order chi connectivity index (χ1) is 11.4. The monoisotopic (exact) mass is 352 g/mol. The Morgan fingerprint density at radius 3 is 2.75 bits per heavy atom. The molecule has 0 fully saturated rings. The van der Waals surface area contributed by atoms with Crippen LogP contribution in [0.15, 0.2) is 35.2 Å². The summed E-state index contributed by atoms with van der Waals surface area (Å²) in [5, 5.41) is 24.2. The summed E-state index contributed by atoms with van der Waals surface area (Å²) in [7, 11) is 0. The summed E-state index contributed by atoms with van der Waals surface area (Å²) < 4.78 is 46.8. The maximum absolute atomic E-state index is 13.9. The summed E-state index contributed by atoms with van der Waals surface area (Å²) in [6.45, 7) is 0. The predicted octanol–water partition coefficient (Wildman–Crippen LogP) is 3.68. The smallest absolute Gasteiger partial charge is 0.281 e. The average Bonchev–Trinajstić information content (AvgIpc) is 2.78. The highest BCUT2D eigenvalue weighted by Gasteiger charge is 2.49. The summed E-state index contributed by atoms with van der Waals surface area (Å²) >= 11 is 0.750. The Balaban J connectivity index is 2.06. The Kier molecular flexibility index (Phi) is 4.17. The van der Waals surface area contributed by atoms with Crippen molar-refractivity contribution in [1.82, 2.24) is 0 Å². The maximum atomic E-state index is 13.9. The lowest BCUT2D eigenvalue weighted by Crippen LogP contribution is -2.21. The molecule has 0 saturated heterocycles. The van der Waals surface area contributed by atoms with Crippen molar-refractivity contribution in [3.8, 4) is 17.6 Å². The van der Waals surface area contributed by atoms with Crippen LogP contribution in [-0.4, -0.2) is 11.0 Å². The lowest BCUT2D eigenvalue weighted by atomic mass is 10.1. The third kappa shape index (κ3) is 2.82. The topological polar surface area (TPSA) is 79.3 Å². The molecular formula is C16H11F3N2O2S. The zero-order valence-corrected chi connectivity index (χ0v) is 12.9. The average molecular weight is 352 g/mol. The highest BCUT2D eigenvalue weighted by atomic mass is 32.2. The molecule has 2 aromatic rings. The van der Waals surface area contributed by atoms with Crippen molar-refractivity contribution in [3.05, 3.63) is 52.8 Å². The van der Waals surface area contributed by atoms with Gasteiger partial charge in [-0.3, -0.25) is 5.14 Å². The second kappa shape index (κ2) is 6.02. The number of aliphatic hydroxyl groups is 1. The number of alkyl halides is 2. The normalized spacial score (nSPS) is 18.1. The minimum absolute atomic E-state index is 0.00612. The van der Waals surface area contributed by atoms with Crippen molar-refractivity contribution in [2.75, 3.05) is 0 Å². The van der Waals surface area contributed by atoms with E-state index in [4.69, 9.17) is 15.1 Å². The van der Waals surface area contributed by atoms with Crippen LogP contribution in [0.2, 0.25) is 0 Å². The van der Waals surface area contributed by atoms with Gasteiger partial charge >= 0.3 is 0 Å². The van der Waals surface area contributed by atoms with Crippen LogP contribution in [-0.2, 0) is 6.42 Å². The molecule has 1 aliphatic rings. The second-order valence-corrected chi connectivity index (χ2v) is 5.98. The highest BCUT2D eigenvalue weighted by Crippen LogP contribution is 2.50. The van der Waals surface area contributed by atoms with Crippen LogP contribution in [0.25, 0.3) is 0 Å². The van der Waals surface area contributed by atoms with Crippen LogP contribution in [0.4, 0.5) is 13.2 Å². The Labute approximate surface area is 139 Å². The molecule has 1 atom stereocenters. The largest absolute Gasteiger partial charge is 0.457 e. The quantitative estimate of drug-likeness (QED) is 0.824. The van der Waals surface area contributed by atoms with Gasteiger partial charge in [0.2, 0.25) is 0 Å². The lowest BCUT2D eigenvalue weighted by Gasteiger charge is -2.15. The lowest BCUT2D eigenvalue weighted by molar-refractivity contribution is -0.0976. The molecule has 124 valence electrons. The summed E-state index contributed by atoms with van der Waals surface area (Å²) in [4.78, 5) is 0.319. The number of aliphatic hydroxyl groups excluding tert-OH is 1. The van der Waals surface area contributed by atoms with Crippen LogP contribution in [0.1, 0.15) is 22.8 Å². The van der Waals surface area contributed by atoms with E-state index in [0.29, 0.717) is 4.90 Å². The predicted molar refractivity (Wildman–Crippen MR) is 81.3 cm³/mol. The van der Waals surface area contributed by atoms with Crippen molar-refractivity contribution in [2.24, 2.45) is 5.14 Å². The first-order valence-electron chi connectivity index (χ1n) is 6.82. The number of nitriles is 1. The van der Waals surface area contributed by atoms with Gasteiger partial charge in [-0.25, -0.2) is 13.2 Å². The molecule has 1 unspecified atom stereocenters. The third-order valence-corrected chi connectivity index (χ3v) is 4.33. The van der Waals surface area contributed by atoms with E-state index >= 15 is 0 Å². The molecule has 0 aromatic heterocycles. The number of ether oxygens (including phenoxy) is 1. The van der Waals surface area contributed by atoms with E-state index in [2.05, 4.69) is 0 Å². The molecule has 3 rings (SSSR count). The van der Waals surface area contributed by atoms with Gasteiger partial charge in [0.05, 0.1) is 11.6 Å². The fraction of sp³-hybridized carbons (Fsp3) is 0.188. The minimum atomic E-state index is -3.34. The van der Waals surface area contributed by atoms with Crippen molar-refractivity contribution >= 4 is 11.9 Å². The van der Waals surface area contributed by atoms with E-state index in [-0.39, 0.29) is 28.2 Å². The molecule has 0 spiro atoms. The minimum Gasteiger partial charge on any atom is -0.457 e. The number of hydrogen-bond donors (Lipinski definition) is 2. The van der Waals surface area contributed by atoms with Gasteiger partial charge in [0.15, 0.2) is 0 Å². The summed E-state index contributed by atoms with van der Waals surface area (Å²) in [5.74, 6) is -3.95. The zero-order valence-electron chi connectivity index (χ0n) is 12.1. The van der Waals surface area contributed by atoms with E-state index in [0.717, 1.165) is 24.1 Å². The Morgan fingerprint density at radius 1 is 1.33 bits per heavy atom. The first kappa shape index (κ1) is 16.6. The van der Waals surface area contributed by atoms with E-state index in [1.54, 1.807) is 6.07 Å². The number of hydrogen-bond acceptors (Lipinski definition) is 5. The van der Waals surface area contributed by atoms with Crippen molar-refractivity contribution in [2.45, 2.75) is 23.3 Å². The SMILES string of the molecule is N#Cc1cc(F)cc(Oc2ccc(SN)c3c2CC(F)(F)C3O)c1. The molecule has 4 nitrogen and oxygen atoms in total. The summed E-state index contributed by atoms with van der Waals surface area (Å²) in [5.41, 5.74) is 0.175. The molecule has 3 N–H and O–H groups in total. The van der Waals surface area contributed by atoms with Crippen LogP contribution < -0.4 is 9.88 Å². The Morgan fingerprint density at radius 2 is 2.08 bits per heavy atom. The number of halogens is 3. The fourth-order valence-corrected chi connectivity index (χ4v) is 3.17. The van der Waals surface area contributed by atoms with E-state index in [1.165, 1.54) is 18.2 Å². The number of nitrogens with two attached hydrogens (primary N) is 1. The van der Waals surface area contributed by atoms with Crippen LogP contribution in [0.3, 0.4) is 0 Å². The molecule has 0 radical (unpaired) electrons. The zero-order chi connectivity index (χ0) is 17.5. The van der Waals surface area contributed by atoms with Gasteiger partial charge < -0.3 is 9.84 Å². The van der Waals surface area contributed by atoms with Gasteiger partial charge in [-0.15, -0.1) is 0 Å². The van der Waals surface area contributed by atoms with Crippen molar-refractivity contribution in [3.63, 3.8) is 0 Å². The number of fused-ring (bicyclic) bond motifs is 1. The highest BCUT2D eigenvalue weighted by molar-refractivity contribution is 7.97. The Hall–Kier alpha value is -2.21. The molecule has 2 aromatic carbocycles. The van der Waals surface area contributed by atoms with Gasteiger partial charge in [-0.05, 0) is 36.2 Å². The van der Waals surface area contributed by atoms with E-state index < -0.39 is 24.3 Å². The first-order valence-corrected chi connectivity index (χ1v) is 7.70. The van der Waals surface area contributed by atoms with Crippen molar-refractivity contribution < 1.29 is 23.0 Å². The molecule has 0 aliphatic heterocycles. The summed E-state index contributed by atoms with van der Waals surface area (Å²) in [6.07, 6.45) is -2.70. The number of benzene rings is 2. The maximum Gasteiger partial charge on any atom is 0.281 e. The second-order valence-electron chi connectivity index (χ2n) is 5.30. The number of rotatable bonds is 3. The third-order valence-electron chi connectivity index (χ3n) is 3.72. The molecule has 0 bridgehead atoms. The van der Waals surface area contributed by atoms with Gasteiger partial charge in [0.1, 0.15) is 23.4 Å². The van der Waals surface area contributed by atoms with E-state index in [1.807, 2.05) is 0 Å². The van der Waals surface area contributed by atoms with Gasteiger partial charge in [0, 0.05) is 28.5 Å². The molecule has 0 amide bonds. The molecule has 0 saturated carbocycles. The summed E-state index contributed by atoms with van der Waals surface area (Å²) in [6, 6.07) is 8.04. The standard InChI is InChI=1S/C16H11F3N2O2S/c17-9-3-8(7-20)4-10(5-9)23-12-1-2-13(24-21)14-11(12)6-16(18,19)15(14)22/h1-5,15,22H,6,21H2. The molecule has 1 aliphatic carbocycles. The molecular weight excluding hydrogens is 341 g/mol. The van der Waals surface area contributed by atoms with Gasteiger partial charge in [0.25, 0.3) is 5.92 Å². The van der Waals surface area contributed by atoms with Gasteiger partial charge in [-0.2, -0.15) is 5.26 Å². The fourth-order valence-electron chi connectivity index (χ4n) is 2.66. The molecule has 0 heterocycles. The van der Waals surface area contributed by atoms with Gasteiger partial charge in [-0.1, -0.05) is 0 Å². The van der Waals surface area contributed by atoms with Crippen LogP contribution in [0, 0.1) is 17.1 Å². The van der Waals surface area contributed by atoms with Crippen LogP contribution in [0.5, 0.6) is 11.5 Å². The molecule has 8 heteroatoms. The number of nitrogens with zero attached hydrogens (tertiary/aromatic N) is 1. The van der Waals surface area contributed by atoms with Crippen LogP contribution >= 0.6 is 11.9 Å². The van der Waals surface area contributed by atoms with E-state index in [9.17, 15) is 18.3 Å².